The van der Waals surface area contributed by atoms with Gasteiger partial charge in [0.2, 0.25) is 0 Å². The maximum Gasteiger partial charge on any atom is 0.0907 e. The molecule has 0 saturated carbocycles. The number of aryl methyl sites for hydroxylation is 2. The molecular formula is C14H22OS. The third kappa shape index (κ3) is 2.49. The molecule has 0 aromatic carbocycles. The Balaban J connectivity index is 2.11. The summed E-state index contributed by atoms with van der Waals surface area (Å²) in [5.41, 5.74) is 1.51. The van der Waals surface area contributed by atoms with Crippen LogP contribution in [0.2, 0.25) is 0 Å². The van der Waals surface area contributed by atoms with E-state index in [1.54, 1.807) is 0 Å². The first kappa shape index (κ1) is 12.1. The zero-order valence-corrected chi connectivity index (χ0v) is 11.1. The summed E-state index contributed by atoms with van der Waals surface area (Å²) in [5, 5.41) is 10.3. The molecule has 0 saturated heterocycles. The minimum absolute atomic E-state index is 0.240. The molecule has 1 aromatic heterocycles. The van der Waals surface area contributed by atoms with Crippen LogP contribution in [0.3, 0.4) is 0 Å². The Bertz CT molecular complexity index is 319. The van der Waals surface area contributed by atoms with Crippen molar-refractivity contribution >= 4 is 11.3 Å². The molecule has 2 unspecified atom stereocenters. The summed E-state index contributed by atoms with van der Waals surface area (Å²) < 4.78 is 0. The Morgan fingerprint density at radius 2 is 2.12 bits per heavy atom. The fraction of sp³-hybridized carbons (Fsp3) is 0.714. The van der Waals surface area contributed by atoms with Crippen molar-refractivity contribution in [2.24, 2.45) is 5.92 Å². The first-order valence-corrected chi connectivity index (χ1v) is 7.33. The van der Waals surface area contributed by atoms with Gasteiger partial charge in [0.25, 0.3) is 0 Å². The van der Waals surface area contributed by atoms with Crippen LogP contribution in [0, 0.1) is 5.92 Å². The van der Waals surface area contributed by atoms with Crippen LogP contribution < -0.4 is 0 Å². The quantitative estimate of drug-likeness (QED) is 0.837. The highest BCUT2D eigenvalue weighted by Gasteiger charge is 2.21. The van der Waals surface area contributed by atoms with E-state index in [4.69, 9.17) is 0 Å². The predicted molar refractivity (Wildman–Crippen MR) is 70.0 cm³/mol. The second-order valence-electron chi connectivity index (χ2n) is 5.02. The smallest absolute Gasteiger partial charge is 0.0907 e. The van der Waals surface area contributed by atoms with Crippen molar-refractivity contribution in [1.29, 1.82) is 0 Å². The highest BCUT2D eigenvalue weighted by atomic mass is 32.1. The van der Waals surface area contributed by atoms with Crippen LogP contribution >= 0.6 is 11.3 Å². The number of rotatable bonds is 4. The van der Waals surface area contributed by atoms with Crippen LogP contribution in [-0.2, 0) is 12.8 Å². The molecule has 1 nitrogen and oxygen atoms in total. The standard InChI is InChI=1S/C14H22OS/c1-3-6-10(2)14(15)13-9-11-7-4-5-8-12(11)16-13/h9-10,14-15H,3-8H2,1-2H3. The van der Waals surface area contributed by atoms with Gasteiger partial charge in [0, 0.05) is 9.75 Å². The van der Waals surface area contributed by atoms with E-state index in [1.165, 1.54) is 41.0 Å². The molecule has 0 bridgehead atoms. The highest BCUT2D eigenvalue weighted by molar-refractivity contribution is 7.12. The van der Waals surface area contributed by atoms with Crippen molar-refractivity contribution in [1.82, 2.24) is 0 Å². The molecule has 90 valence electrons. The van der Waals surface area contributed by atoms with E-state index in [1.807, 2.05) is 11.3 Å². The summed E-state index contributed by atoms with van der Waals surface area (Å²) in [7, 11) is 0. The lowest BCUT2D eigenvalue weighted by atomic mass is 9.95. The average Bonchev–Trinajstić information content (AvgIpc) is 2.71. The average molecular weight is 238 g/mol. The number of aliphatic hydroxyl groups excluding tert-OH is 1. The van der Waals surface area contributed by atoms with E-state index >= 15 is 0 Å². The van der Waals surface area contributed by atoms with Crippen molar-refractivity contribution in [3.05, 3.63) is 21.4 Å². The van der Waals surface area contributed by atoms with Crippen LogP contribution in [0.25, 0.3) is 0 Å². The van der Waals surface area contributed by atoms with Crippen LogP contribution in [0.4, 0.5) is 0 Å². The van der Waals surface area contributed by atoms with Crippen LogP contribution in [-0.4, -0.2) is 5.11 Å². The molecule has 1 aromatic rings. The molecule has 2 rings (SSSR count). The van der Waals surface area contributed by atoms with E-state index in [9.17, 15) is 5.11 Å². The molecule has 16 heavy (non-hydrogen) atoms. The van der Waals surface area contributed by atoms with E-state index in [0.717, 1.165) is 12.8 Å². The third-order valence-electron chi connectivity index (χ3n) is 3.59. The monoisotopic (exact) mass is 238 g/mol. The Morgan fingerprint density at radius 3 is 2.81 bits per heavy atom. The van der Waals surface area contributed by atoms with Gasteiger partial charge < -0.3 is 5.11 Å². The summed E-state index contributed by atoms with van der Waals surface area (Å²) >= 11 is 1.85. The molecule has 1 aliphatic rings. The molecule has 1 aliphatic carbocycles. The minimum atomic E-state index is -0.240. The molecule has 2 heteroatoms. The van der Waals surface area contributed by atoms with Crippen molar-refractivity contribution in [3.63, 3.8) is 0 Å². The van der Waals surface area contributed by atoms with Crippen LogP contribution in [0.5, 0.6) is 0 Å². The number of thiophene rings is 1. The molecular weight excluding hydrogens is 216 g/mol. The molecule has 1 N–H and O–H groups in total. The summed E-state index contributed by atoms with van der Waals surface area (Å²) in [4.78, 5) is 2.73. The fourth-order valence-corrected chi connectivity index (χ4v) is 3.93. The zero-order chi connectivity index (χ0) is 11.5. The van der Waals surface area contributed by atoms with Gasteiger partial charge in [-0.1, -0.05) is 20.3 Å². The zero-order valence-electron chi connectivity index (χ0n) is 10.3. The Hall–Kier alpha value is -0.340. The van der Waals surface area contributed by atoms with Gasteiger partial charge in [-0.25, -0.2) is 0 Å². The van der Waals surface area contributed by atoms with E-state index in [2.05, 4.69) is 19.9 Å². The predicted octanol–water partition coefficient (Wildman–Crippen LogP) is 4.10. The lowest BCUT2D eigenvalue weighted by molar-refractivity contribution is 0.116. The van der Waals surface area contributed by atoms with Crippen LogP contribution in [0.1, 0.15) is 61.0 Å². The van der Waals surface area contributed by atoms with E-state index in [0.29, 0.717) is 5.92 Å². The largest absolute Gasteiger partial charge is 0.387 e. The molecule has 2 atom stereocenters. The summed E-state index contributed by atoms with van der Waals surface area (Å²) in [6.45, 7) is 4.34. The Morgan fingerprint density at radius 1 is 1.38 bits per heavy atom. The van der Waals surface area contributed by atoms with Crippen molar-refractivity contribution in [3.8, 4) is 0 Å². The second kappa shape index (κ2) is 5.33. The Kier molecular flexibility index (Phi) is 4.04. The Labute approximate surface area is 103 Å². The van der Waals surface area contributed by atoms with E-state index in [-0.39, 0.29) is 6.10 Å². The first-order valence-electron chi connectivity index (χ1n) is 6.52. The minimum Gasteiger partial charge on any atom is -0.387 e. The summed E-state index contributed by atoms with van der Waals surface area (Å²) in [6, 6.07) is 2.26. The fourth-order valence-electron chi connectivity index (χ4n) is 2.55. The topological polar surface area (TPSA) is 20.2 Å². The first-order chi connectivity index (χ1) is 7.72. The number of hydrogen-bond donors (Lipinski definition) is 1. The summed E-state index contributed by atoms with van der Waals surface area (Å²) in [5.74, 6) is 0.394. The molecule has 0 radical (unpaired) electrons. The maximum atomic E-state index is 10.3. The van der Waals surface area contributed by atoms with Gasteiger partial charge in [0.05, 0.1) is 6.10 Å². The van der Waals surface area contributed by atoms with Gasteiger partial charge in [0.15, 0.2) is 0 Å². The van der Waals surface area contributed by atoms with Crippen molar-refractivity contribution < 1.29 is 5.11 Å². The van der Waals surface area contributed by atoms with Crippen molar-refractivity contribution in [2.45, 2.75) is 58.5 Å². The molecule has 0 spiro atoms. The van der Waals surface area contributed by atoms with Gasteiger partial charge in [-0.2, -0.15) is 0 Å². The van der Waals surface area contributed by atoms with Crippen LogP contribution in [0.15, 0.2) is 6.07 Å². The normalized spacial score (nSPS) is 19.2. The maximum absolute atomic E-state index is 10.3. The van der Waals surface area contributed by atoms with Gasteiger partial charge in [-0.15, -0.1) is 11.3 Å². The van der Waals surface area contributed by atoms with Crippen molar-refractivity contribution in [2.75, 3.05) is 0 Å². The van der Waals surface area contributed by atoms with Gasteiger partial charge in [-0.3, -0.25) is 0 Å². The second-order valence-corrected chi connectivity index (χ2v) is 6.18. The van der Waals surface area contributed by atoms with Gasteiger partial charge >= 0.3 is 0 Å². The number of fused-ring (bicyclic) bond motifs is 1. The molecule has 0 fully saturated rings. The SMILES string of the molecule is CCCC(C)C(O)c1cc2c(s1)CCCC2. The highest BCUT2D eigenvalue weighted by Crippen LogP contribution is 2.36. The van der Waals surface area contributed by atoms with E-state index < -0.39 is 0 Å². The lowest BCUT2D eigenvalue weighted by Crippen LogP contribution is -2.07. The lowest BCUT2D eigenvalue weighted by Gasteiger charge is -2.16. The third-order valence-corrected chi connectivity index (χ3v) is 4.90. The molecule has 0 amide bonds. The molecule has 0 aliphatic heterocycles. The van der Waals surface area contributed by atoms with Gasteiger partial charge in [-0.05, 0) is 49.7 Å². The molecule has 1 heterocycles. The number of aliphatic hydroxyl groups is 1. The number of hydrogen-bond acceptors (Lipinski definition) is 2. The summed E-state index contributed by atoms with van der Waals surface area (Å²) in [6.07, 6.45) is 7.13. The van der Waals surface area contributed by atoms with Gasteiger partial charge in [0.1, 0.15) is 0 Å².